The van der Waals surface area contributed by atoms with Crippen LogP contribution in [0.25, 0.3) is 0 Å². The second-order valence-corrected chi connectivity index (χ2v) is 11.0. The summed E-state index contributed by atoms with van der Waals surface area (Å²) in [5, 5.41) is 13.7. The second kappa shape index (κ2) is 7.06. The third kappa shape index (κ3) is 3.04. The van der Waals surface area contributed by atoms with Crippen LogP contribution in [-0.2, 0) is 7.05 Å². The summed E-state index contributed by atoms with van der Waals surface area (Å²) in [4.78, 5) is 0. The van der Waals surface area contributed by atoms with Gasteiger partial charge in [0.2, 0.25) is 0 Å². The van der Waals surface area contributed by atoms with Gasteiger partial charge >= 0.3 is 0 Å². The number of aromatic nitrogens is 2. The van der Waals surface area contributed by atoms with Gasteiger partial charge in [-0.05, 0) is 87.4 Å². The van der Waals surface area contributed by atoms with Gasteiger partial charge in [-0.15, -0.1) is 0 Å². The summed E-state index contributed by atoms with van der Waals surface area (Å²) in [6, 6.07) is 0. The lowest BCUT2D eigenvalue weighted by molar-refractivity contribution is -0.0936. The van der Waals surface area contributed by atoms with E-state index in [4.69, 9.17) is 5.10 Å². The molecule has 0 spiro atoms. The van der Waals surface area contributed by atoms with Crippen LogP contribution >= 0.6 is 0 Å². The van der Waals surface area contributed by atoms with Crippen molar-refractivity contribution in [2.75, 3.05) is 0 Å². The molecule has 0 saturated heterocycles. The molecule has 0 N–H and O–H groups in total. The Morgan fingerprint density at radius 3 is 2.72 bits per heavy atom. The molecule has 4 nitrogen and oxygen atoms in total. The summed E-state index contributed by atoms with van der Waals surface area (Å²) in [6.07, 6.45) is 18.0. The predicted octanol–water partition coefficient (Wildman–Crippen LogP) is 5.94. The molecule has 4 aliphatic carbocycles. The van der Waals surface area contributed by atoms with Crippen LogP contribution in [0, 0.1) is 41.4 Å². The Kier molecular flexibility index (Phi) is 4.75. The minimum absolute atomic E-state index is 0.278. The van der Waals surface area contributed by atoms with Gasteiger partial charge in [-0.2, -0.15) is 15.3 Å². The summed E-state index contributed by atoms with van der Waals surface area (Å²) in [5.74, 6) is 3.71. The highest BCUT2D eigenvalue weighted by Crippen LogP contribution is 2.65. The van der Waals surface area contributed by atoms with Crippen molar-refractivity contribution in [3.63, 3.8) is 0 Å². The minimum atomic E-state index is 0.278. The van der Waals surface area contributed by atoms with E-state index < -0.39 is 0 Å². The number of aryl methyl sites for hydroxylation is 2. The molecule has 1 aromatic rings. The topological polar surface area (TPSA) is 42.5 Å². The molecule has 0 aliphatic heterocycles. The van der Waals surface area contributed by atoms with Crippen LogP contribution in [0.1, 0.15) is 89.3 Å². The molecule has 1 heterocycles. The van der Waals surface area contributed by atoms with Crippen LogP contribution < -0.4 is 0 Å². The van der Waals surface area contributed by atoms with Crippen LogP contribution in [0.5, 0.6) is 0 Å². The van der Waals surface area contributed by atoms with Gasteiger partial charge < -0.3 is 0 Å². The summed E-state index contributed by atoms with van der Waals surface area (Å²) < 4.78 is 1.85. The van der Waals surface area contributed by atoms with E-state index in [9.17, 15) is 0 Å². The molecule has 5 rings (SSSR count). The smallest absolute Gasteiger partial charge is 0.0682 e. The van der Waals surface area contributed by atoms with Crippen molar-refractivity contribution in [1.82, 2.24) is 9.78 Å². The third-order valence-electron chi connectivity index (χ3n) is 9.75. The molecule has 0 aromatic carbocycles. The van der Waals surface area contributed by atoms with Crippen molar-refractivity contribution in [2.45, 2.75) is 85.0 Å². The lowest BCUT2D eigenvalue weighted by Gasteiger charge is -2.59. The maximum atomic E-state index is 4.81. The fraction of sp³-hybridized carbons (Fsp3) is 0.800. The zero-order chi connectivity index (χ0) is 20.2. The summed E-state index contributed by atoms with van der Waals surface area (Å²) in [7, 11) is 1.96. The first-order valence-electron chi connectivity index (χ1n) is 12.0. The zero-order valence-electron chi connectivity index (χ0n) is 18.8. The van der Waals surface area contributed by atoms with Gasteiger partial charge in [0.05, 0.1) is 11.9 Å². The predicted molar refractivity (Wildman–Crippen MR) is 119 cm³/mol. The molecule has 4 heteroatoms. The Morgan fingerprint density at radius 1 is 1.07 bits per heavy atom. The van der Waals surface area contributed by atoms with Crippen molar-refractivity contribution in [3.05, 3.63) is 17.5 Å². The van der Waals surface area contributed by atoms with Crippen LogP contribution in [-0.4, -0.2) is 21.7 Å². The molecule has 158 valence electrons. The van der Waals surface area contributed by atoms with Crippen molar-refractivity contribution < 1.29 is 0 Å². The molecule has 4 fully saturated rings. The molecule has 4 saturated carbocycles. The molecular weight excluding hydrogens is 356 g/mol. The molecule has 29 heavy (non-hydrogen) atoms. The van der Waals surface area contributed by atoms with E-state index >= 15 is 0 Å². The normalized spacial score (nSPS) is 43.4. The fourth-order valence-electron chi connectivity index (χ4n) is 8.15. The Labute approximate surface area is 176 Å². The highest BCUT2D eigenvalue weighted by molar-refractivity contribution is 5.93. The van der Waals surface area contributed by atoms with Crippen molar-refractivity contribution in [2.24, 2.45) is 51.8 Å². The summed E-state index contributed by atoms with van der Waals surface area (Å²) >= 11 is 0. The van der Waals surface area contributed by atoms with Crippen molar-refractivity contribution in [3.8, 4) is 0 Å². The van der Waals surface area contributed by atoms with Crippen LogP contribution in [0.3, 0.4) is 0 Å². The first kappa shape index (κ1) is 19.5. The van der Waals surface area contributed by atoms with Crippen molar-refractivity contribution >= 4 is 11.9 Å². The van der Waals surface area contributed by atoms with Gasteiger partial charge in [-0.3, -0.25) is 4.68 Å². The number of hydrogen-bond acceptors (Lipinski definition) is 3. The van der Waals surface area contributed by atoms with Crippen molar-refractivity contribution in [1.29, 1.82) is 0 Å². The molecule has 6 unspecified atom stereocenters. The molecule has 0 bridgehead atoms. The lowest BCUT2D eigenvalue weighted by Crippen LogP contribution is -2.52. The molecule has 1 aromatic heterocycles. The van der Waals surface area contributed by atoms with Gasteiger partial charge in [0.25, 0.3) is 0 Å². The maximum Gasteiger partial charge on any atom is 0.0682 e. The second-order valence-electron chi connectivity index (χ2n) is 11.0. The SMILES string of the molecule is Cc1nn(C)cc1/C=N/N=C1/CCC2C3CCC4CCCCC4(C)C3CCC12C. The molecule has 6 atom stereocenters. The third-order valence-corrected chi connectivity index (χ3v) is 9.75. The number of rotatable bonds is 2. The Bertz CT molecular complexity index is 836. The van der Waals surface area contributed by atoms with E-state index in [0.717, 1.165) is 41.3 Å². The molecule has 0 radical (unpaired) electrons. The lowest BCUT2D eigenvalue weighted by atomic mass is 9.45. The molecular formula is C25H38N4. The van der Waals surface area contributed by atoms with Crippen LogP contribution in [0.4, 0.5) is 0 Å². The molecule has 0 amide bonds. The van der Waals surface area contributed by atoms with E-state index in [-0.39, 0.29) is 5.41 Å². The van der Waals surface area contributed by atoms with E-state index in [1.807, 2.05) is 31.1 Å². The van der Waals surface area contributed by atoms with Gasteiger partial charge in [0.1, 0.15) is 0 Å². The average Bonchev–Trinajstić information content (AvgIpc) is 3.19. The highest BCUT2D eigenvalue weighted by atomic mass is 15.3. The monoisotopic (exact) mass is 394 g/mol. The van der Waals surface area contributed by atoms with E-state index in [1.165, 1.54) is 63.5 Å². The van der Waals surface area contributed by atoms with Gasteiger partial charge in [0.15, 0.2) is 0 Å². The average molecular weight is 395 g/mol. The summed E-state index contributed by atoms with van der Waals surface area (Å²) in [6.45, 7) is 7.21. The number of hydrogen-bond donors (Lipinski definition) is 0. The van der Waals surface area contributed by atoms with Crippen LogP contribution in [0.2, 0.25) is 0 Å². The van der Waals surface area contributed by atoms with Gasteiger partial charge in [-0.1, -0.05) is 26.7 Å². The number of nitrogens with zero attached hydrogens (tertiary/aromatic N) is 4. The Morgan fingerprint density at radius 2 is 1.93 bits per heavy atom. The quantitative estimate of drug-likeness (QED) is 0.452. The van der Waals surface area contributed by atoms with Gasteiger partial charge in [-0.25, -0.2) is 0 Å². The Hall–Kier alpha value is -1.45. The highest BCUT2D eigenvalue weighted by Gasteiger charge is 2.58. The summed E-state index contributed by atoms with van der Waals surface area (Å²) in [5.41, 5.74) is 4.36. The fourth-order valence-corrected chi connectivity index (χ4v) is 8.15. The van der Waals surface area contributed by atoms with E-state index in [0.29, 0.717) is 5.41 Å². The van der Waals surface area contributed by atoms with Crippen LogP contribution in [0.15, 0.2) is 16.4 Å². The zero-order valence-corrected chi connectivity index (χ0v) is 18.8. The maximum absolute atomic E-state index is 4.81. The minimum Gasteiger partial charge on any atom is -0.275 e. The first-order valence-corrected chi connectivity index (χ1v) is 12.0. The Balaban J connectivity index is 1.37. The number of fused-ring (bicyclic) bond motifs is 5. The molecule has 4 aliphatic rings. The largest absolute Gasteiger partial charge is 0.275 e. The van der Waals surface area contributed by atoms with E-state index in [1.54, 1.807) is 0 Å². The first-order chi connectivity index (χ1) is 13.9. The van der Waals surface area contributed by atoms with Gasteiger partial charge in [0, 0.05) is 29.9 Å². The van der Waals surface area contributed by atoms with E-state index in [2.05, 4.69) is 24.0 Å². The standard InChI is InChI=1S/C25H38N4/c1-17-18(16-29(4)28-17)15-26-27-23-11-10-21-20-9-8-19-7-5-6-13-24(19,2)22(20)12-14-25(21,23)3/h15-16,19-22H,5-14H2,1-4H3/b26-15+,27-23-.